The zero-order chi connectivity index (χ0) is 31.6. The van der Waals surface area contributed by atoms with Gasteiger partial charge in [0, 0.05) is 31.4 Å². The quantitative estimate of drug-likeness (QED) is 0.225. The largest absolute Gasteiger partial charge is 0.496 e. The molecular weight excluding hydrogens is 584 g/mol. The van der Waals surface area contributed by atoms with E-state index in [1.165, 1.54) is 16.3 Å². The molecule has 0 aliphatic heterocycles. The summed E-state index contributed by atoms with van der Waals surface area (Å²) in [6.45, 7) is 2.74. The summed E-state index contributed by atoms with van der Waals surface area (Å²) in [5.41, 5.74) is 4.95. The topological polar surface area (TPSA) is 84.7 Å². The highest BCUT2D eigenvalue weighted by atomic mass is 32.2. The normalized spacial score (nSPS) is 21.0. The molecule has 3 aliphatic carbocycles. The van der Waals surface area contributed by atoms with Gasteiger partial charge in [0.15, 0.2) is 0 Å². The number of ether oxygens (including phenoxy) is 1. The highest BCUT2D eigenvalue weighted by Gasteiger charge is 2.34. The number of hydrogen-bond acceptors (Lipinski definition) is 5. The van der Waals surface area contributed by atoms with Gasteiger partial charge in [-0.15, -0.1) is 0 Å². The van der Waals surface area contributed by atoms with Gasteiger partial charge in [0.2, 0.25) is 15.9 Å². The van der Waals surface area contributed by atoms with E-state index in [0.717, 1.165) is 86.6 Å². The summed E-state index contributed by atoms with van der Waals surface area (Å²) in [5, 5.41) is 4.49. The highest BCUT2D eigenvalue weighted by molar-refractivity contribution is 7.93. The number of benzene rings is 2. The SMILES string of the molecule is COc1ccc(C2CCC(CN(C(=O)CS(=O)(=O)N(C)c3cccc(-c4cnn(C5CC5)c4)c3)C3CCCCC3)CC2)cc1C. The minimum Gasteiger partial charge on any atom is -0.496 e. The Bertz CT molecular complexity index is 1580. The van der Waals surface area contributed by atoms with E-state index in [1.54, 1.807) is 20.2 Å². The van der Waals surface area contributed by atoms with Gasteiger partial charge in [-0.05, 0) is 105 Å². The van der Waals surface area contributed by atoms with Crippen LogP contribution in [-0.2, 0) is 14.8 Å². The Kier molecular flexibility index (Phi) is 9.54. The number of rotatable bonds is 11. The third-order valence-corrected chi connectivity index (χ3v) is 12.0. The Hall–Kier alpha value is -3.33. The maximum Gasteiger partial charge on any atom is 0.244 e. The third-order valence-electron chi connectivity index (χ3n) is 10.3. The minimum atomic E-state index is -3.88. The van der Waals surface area contributed by atoms with Crippen molar-refractivity contribution in [1.29, 1.82) is 0 Å². The number of aryl methyl sites for hydroxylation is 1. The van der Waals surface area contributed by atoms with Crippen LogP contribution in [-0.4, -0.2) is 61.5 Å². The lowest BCUT2D eigenvalue weighted by Crippen LogP contribution is -2.48. The van der Waals surface area contributed by atoms with E-state index in [1.807, 2.05) is 40.2 Å². The van der Waals surface area contributed by atoms with Gasteiger partial charge < -0.3 is 9.64 Å². The number of carbonyl (C=O) groups is 1. The molecule has 1 heterocycles. The molecular formula is C36H48N4O4S. The monoisotopic (exact) mass is 632 g/mol. The smallest absolute Gasteiger partial charge is 0.244 e. The molecule has 45 heavy (non-hydrogen) atoms. The lowest BCUT2D eigenvalue weighted by atomic mass is 9.78. The third kappa shape index (κ3) is 7.40. The maximum atomic E-state index is 13.9. The van der Waals surface area contributed by atoms with Crippen LogP contribution in [0.2, 0.25) is 0 Å². The van der Waals surface area contributed by atoms with Crippen LogP contribution in [0.4, 0.5) is 5.69 Å². The summed E-state index contributed by atoms with van der Waals surface area (Å²) in [7, 11) is -0.611. The lowest BCUT2D eigenvalue weighted by Gasteiger charge is -2.39. The average molecular weight is 633 g/mol. The van der Waals surface area contributed by atoms with Crippen molar-refractivity contribution in [1.82, 2.24) is 14.7 Å². The number of hydrogen-bond donors (Lipinski definition) is 0. The van der Waals surface area contributed by atoms with E-state index < -0.39 is 15.8 Å². The van der Waals surface area contributed by atoms with Crippen LogP contribution < -0.4 is 9.04 Å². The Morgan fingerprint density at radius 2 is 1.71 bits per heavy atom. The van der Waals surface area contributed by atoms with Crippen LogP contribution in [0.25, 0.3) is 11.1 Å². The van der Waals surface area contributed by atoms with E-state index in [2.05, 4.69) is 30.2 Å². The van der Waals surface area contributed by atoms with Gasteiger partial charge >= 0.3 is 0 Å². The molecule has 3 fully saturated rings. The second-order valence-corrected chi connectivity index (χ2v) is 15.5. The van der Waals surface area contributed by atoms with Gasteiger partial charge in [-0.3, -0.25) is 13.8 Å². The lowest BCUT2D eigenvalue weighted by molar-refractivity contribution is -0.132. The van der Waals surface area contributed by atoms with Crippen molar-refractivity contribution in [2.45, 2.75) is 95.6 Å². The second-order valence-electron chi connectivity index (χ2n) is 13.5. The molecule has 8 nitrogen and oxygen atoms in total. The van der Waals surface area contributed by atoms with Crippen molar-refractivity contribution in [3.8, 4) is 16.9 Å². The Labute approximate surface area is 268 Å². The van der Waals surface area contributed by atoms with Gasteiger partial charge in [0.1, 0.15) is 11.5 Å². The highest BCUT2D eigenvalue weighted by Crippen LogP contribution is 2.39. The van der Waals surface area contributed by atoms with Crippen molar-refractivity contribution in [2.24, 2.45) is 5.92 Å². The number of aromatic nitrogens is 2. The van der Waals surface area contributed by atoms with Gasteiger partial charge in [0.25, 0.3) is 0 Å². The van der Waals surface area contributed by atoms with Gasteiger partial charge in [-0.25, -0.2) is 8.42 Å². The molecule has 0 N–H and O–H groups in total. The van der Waals surface area contributed by atoms with Crippen LogP contribution in [0.1, 0.15) is 93.7 Å². The number of sulfonamides is 1. The summed E-state index contributed by atoms with van der Waals surface area (Å²) < 4.78 is 36.1. The van der Waals surface area contributed by atoms with E-state index in [4.69, 9.17) is 4.74 Å². The first kappa shape index (κ1) is 31.6. The molecule has 1 amide bonds. The predicted octanol–water partition coefficient (Wildman–Crippen LogP) is 7.10. The number of methoxy groups -OCH3 is 1. The molecule has 0 atom stereocenters. The van der Waals surface area contributed by atoms with Crippen molar-refractivity contribution in [2.75, 3.05) is 30.8 Å². The molecule has 3 aromatic rings. The van der Waals surface area contributed by atoms with Crippen LogP contribution >= 0.6 is 0 Å². The zero-order valence-electron chi connectivity index (χ0n) is 27.0. The molecule has 0 bridgehead atoms. The van der Waals surface area contributed by atoms with Gasteiger partial charge in [0.05, 0.1) is 25.0 Å². The van der Waals surface area contributed by atoms with Gasteiger partial charge in [-0.2, -0.15) is 5.10 Å². The fourth-order valence-corrected chi connectivity index (χ4v) is 8.47. The summed E-state index contributed by atoms with van der Waals surface area (Å²) in [6, 6.07) is 14.6. The number of anilines is 1. The molecule has 0 saturated heterocycles. The number of amides is 1. The van der Waals surface area contributed by atoms with Crippen LogP contribution in [0.5, 0.6) is 5.75 Å². The van der Waals surface area contributed by atoms with E-state index in [-0.39, 0.29) is 11.9 Å². The van der Waals surface area contributed by atoms with Crippen LogP contribution in [0.15, 0.2) is 54.9 Å². The molecule has 2 aromatic carbocycles. The van der Waals surface area contributed by atoms with Crippen molar-refractivity contribution in [3.05, 3.63) is 66.0 Å². The summed E-state index contributed by atoms with van der Waals surface area (Å²) >= 11 is 0. The summed E-state index contributed by atoms with van der Waals surface area (Å²) in [4.78, 5) is 15.9. The minimum absolute atomic E-state index is 0.125. The van der Waals surface area contributed by atoms with Crippen LogP contribution in [0.3, 0.4) is 0 Å². The Morgan fingerprint density at radius 3 is 2.40 bits per heavy atom. The first-order chi connectivity index (χ1) is 21.7. The molecule has 3 aliphatic rings. The fourth-order valence-electron chi connectivity index (χ4n) is 7.36. The Balaban J connectivity index is 1.12. The number of nitrogens with zero attached hydrogens (tertiary/aromatic N) is 4. The summed E-state index contributed by atoms with van der Waals surface area (Å²) in [6.07, 6.45) is 15.7. The van der Waals surface area contributed by atoms with Crippen molar-refractivity contribution in [3.63, 3.8) is 0 Å². The molecule has 242 valence electrons. The fraction of sp³-hybridized carbons (Fsp3) is 0.556. The molecule has 3 saturated carbocycles. The summed E-state index contributed by atoms with van der Waals surface area (Å²) in [5.74, 6) is 1.05. The molecule has 6 rings (SSSR count). The van der Waals surface area contributed by atoms with Crippen molar-refractivity contribution >= 4 is 21.6 Å². The average Bonchev–Trinajstić information content (AvgIpc) is 3.79. The first-order valence-electron chi connectivity index (χ1n) is 16.8. The first-order valence-corrected chi connectivity index (χ1v) is 18.4. The number of carbonyl (C=O) groups excluding carboxylic acids is 1. The molecule has 0 unspecified atom stereocenters. The Morgan fingerprint density at radius 1 is 0.956 bits per heavy atom. The standard InChI is InChI=1S/C36H48N4O4S/c1-26-20-30(16-19-35(26)44-3)28-14-12-27(13-15-28)23-39(32-9-5-4-6-10-32)36(41)25-45(42,43)38(2)34-11-7-8-29(21-34)31-22-37-40(24-31)33-17-18-33/h7-8,11,16,19-22,24,27-28,32-33H,4-6,9-10,12-15,17-18,23,25H2,1-3H3. The molecule has 0 spiro atoms. The molecule has 9 heteroatoms. The molecule has 1 aromatic heterocycles. The van der Waals surface area contributed by atoms with E-state index in [9.17, 15) is 13.2 Å². The second kappa shape index (κ2) is 13.6. The zero-order valence-corrected chi connectivity index (χ0v) is 27.8. The van der Waals surface area contributed by atoms with E-state index in [0.29, 0.717) is 30.1 Å². The maximum absolute atomic E-state index is 13.9. The molecule has 0 radical (unpaired) electrons. The van der Waals surface area contributed by atoms with Crippen LogP contribution in [0, 0.1) is 12.8 Å². The van der Waals surface area contributed by atoms with Crippen molar-refractivity contribution < 1.29 is 17.9 Å². The van der Waals surface area contributed by atoms with Gasteiger partial charge in [-0.1, -0.05) is 43.5 Å². The predicted molar refractivity (Wildman–Crippen MR) is 179 cm³/mol. The van der Waals surface area contributed by atoms with E-state index >= 15 is 0 Å².